The first-order chi connectivity index (χ1) is 17.5. The van der Waals surface area contributed by atoms with Gasteiger partial charge in [-0.15, -0.1) is 0 Å². The maximum atomic E-state index is 12.2. The molecule has 0 bridgehead atoms. The van der Waals surface area contributed by atoms with Crippen LogP contribution in [0.2, 0.25) is 0 Å². The molecule has 5 rings (SSSR count). The number of ether oxygens (including phenoxy) is 2. The predicted octanol–water partition coefficient (Wildman–Crippen LogP) is 4.77. The van der Waals surface area contributed by atoms with Crippen LogP contribution in [0.4, 0.5) is 5.69 Å². The molecule has 0 amide bonds. The molecule has 186 valence electrons. The number of rotatable bonds is 7. The van der Waals surface area contributed by atoms with Gasteiger partial charge in [-0.1, -0.05) is 30.3 Å². The van der Waals surface area contributed by atoms with Crippen LogP contribution in [0.3, 0.4) is 0 Å². The lowest BCUT2D eigenvalue weighted by Crippen LogP contribution is -2.32. The molecule has 1 aromatic heterocycles. The molecule has 3 N–H and O–H groups in total. The minimum Gasteiger partial charge on any atom is -0.481 e. The highest BCUT2D eigenvalue weighted by Gasteiger charge is 2.28. The third-order valence-electron chi connectivity index (χ3n) is 6.59. The Bertz CT molecular complexity index is 1400. The van der Waals surface area contributed by atoms with E-state index in [0.717, 1.165) is 44.5 Å². The summed E-state index contributed by atoms with van der Waals surface area (Å²) < 4.78 is 17.6. The Morgan fingerprint density at radius 1 is 1.19 bits per heavy atom. The van der Waals surface area contributed by atoms with Crippen LogP contribution in [0.1, 0.15) is 35.8 Å². The normalized spacial score (nSPS) is 15.9. The molecule has 0 saturated heterocycles. The summed E-state index contributed by atoms with van der Waals surface area (Å²) in [4.78, 5) is 14.4. The van der Waals surface area contributed by atoms with E-state index in [0.29, 0.717) is 18.9 Å². The average molecular weight is 487 g/mol. The average Bonchev–Trinajstić information content (AvgIpc) is 3.37. The number of nitrogens with zero attached hydrogens (tertiary/aromatic N) is 1. The van der Waals surface area contributed by atoms with Gasteiger partial charge in [0.25, 0.3) is 0 Å². The molecule has 4 aromatic rings. The fraction of sp³-hybridized carbons (Fsp3) is 0.276. The molecule has 2 heterocycles. The van der Waals surface area contributed by atoms with E-state index in [2.05, 4.69) is 17.0 Å². The largest absolute Gasteiger partial charge is 0.481 e. The second-order valence-corrected chi connectivity index (χ2v) is 9.06. The summed E-state index contributed by atoms with van der Waals surface area (Å²) in [6, 6.07) is 19.4. The van der Waals surface area contributed by atoms with E-state index < -0.39 is 6.04 Å². The van der Waals surface area contributed by atoms with Crippen molar-refractivity contribution in [3.05, 3.63) is 83.6 Å². The topological polar surface area (TPSA) is 98.2 Å². The van der Waals surface area contributed by atoms with Gasteiger partial charge in [-0.25, -0.2) is 0 Å². The highest BCUT2D eigenvalue weighted by molar-refractivity contribution is 5.93. The van der Waals surface area contributed by atoms with E-state index in [1.807, 2.05) is 55.6 Å². The number of anilines is 1. The Morgan fingerprint density at radius 3 is 2.83 bits per heavy atom. The molecule has 36 heavy (non-hydrogen) atoms. The molecular formula is C29H30N2O5. The smallest absolute Gasteiger partial charge is 0.310 e. The number of aliphatic hydroxyl groups is 1. The first-order valence-corrected chi connectivity index (χ1v) is 12.1. The molecular weight excluding hydrogens is 456 g/mol. The third-order valence-corrected chi connectivity index (χ3v) is 6.59. The van der Waals surface area contributed by atoms with Crippen molar-refractivity contribution in [2.45, 2.75) is 25.5 Å². The van der Waals surface area contributed by atoms with Gasteiger partial charge >= 0.3 is 5.97 Å². The van der Waals surface area contributed by atoms with Gasteiger partial charge in [0.15, 0.2) is 0 Å². The summed E-state index contributed by atoms with van der Waals surface area (Å²) in [6.45, 7) is 2.66. The lowest BCUT2D eigenvalue weighted by molar-refractivity contribution is -0.142. The maximum Gasteiger partial charge on any atom is 0.310 e. The minimum atomic E-state index is -0.454. The number of carbonyl (C=O) groups is 1. The molecule has 0 fully saturated rings. The van der Waals surface area contributed by atoms with Crippen LogP contribution in [-0.4, -0.2) is 37.9 Å². The quantitative estimate of drug-likeness (QED) is 0.363. The monoisotopic (exact) mass is 486 g/mol. The van der Waals surface area contributed by atoms with Crippen LogP contribution in [0.25, 0.3) is 22.1 Å². The van der Waals surface area contributed by atoms with Gasteiger partial charge in [0.1, 0.15) is 17.4 Å². The number of esters is 1. The second kappa shape index (κ2) is 10.0. The van der Waals surface area contributed by atoms with Crippen molar-refractivity contribution in [3.8, 4) is 16.9 Å². The fourth-order valence-corrected chi connectivity index (χ4v) is 4.76. The third kappa shape index (κ3) is 4.55. The van der Waals surface area contributed by atoms with E-state index in [1.165, 1.54) is 0 Å². The zero-order valence-electron chi connectivity index (χ0n) is 20.4. The number of aliphatic hydroxyl groups excluding tert-OH is 1. The van der Waals surface area contributed by atoms with Crippen LogP contribution in [0.5, 0.6) is 5.75 Å². The number of benzene rings is 3. The van der Waals surface area contributed by atoms with Gasteiger partial charge in [0.05, 0.1) is 44.2 Å². The minimum absolute atomic E-state index is 0.130. The molecule has 1 unspecified atom stereocenters. The zero-order valence-corrected chi connectivity index (χ0v) is 20.4. The maximum absolute atomic E-state index is 12.2. The van der Waals surface area contributed by atoms with E-state index in [-0.39, 0.29) is 25.1 Å². The van der Waals surface area contributed by atoms with E-state index >= 15 is 0 Å². The molecule has 3 aromatic carbocycles. The van der Waals surface area contributed by atoms with Crippen LogP contribution in [-0.2, 0) is 16.0 Å². The number of fused-ring (bicyclic) bond motifs is 2. The second-order valence-electron chi connectivity index (χ2n) is 9.06. The van der Waals surface area contributed by atoms with Crippen molar-refractivity contribution >= 4 is 22.6 Å². The zero-order chi connectivity index (χ0) is 25.2. The molecule has 0 radical (unpaired) electrons. The van der Waals surface area contributed by atoms with E-state index in [1.54, 1.807) is 13.2 Å². The molecule has 1 aliphatic rings. The van der Waals surface area contributed by atoms with Gasteiger partial charge in [0.2, 0.25) is 0 Å². The summed E-state index contributed by atoms with van der Waals surface area (Å²) in [5, 5.41) is 10.5. The number of para-hydroxylation sites is 1. The van der Waals surface area contributed by atoms with E-state index in [9.17, 15) is 9.90 Å². The van der Waals surface area contributed by atoms with Gasteiger partial charge in [0, 0.05) is 23.6 Å². The van der Waals surface area contributed by atoms with Crippen molar-refractivity contribution in [1.82, 2.24) is 0 Å². The van der Waals surface area contributed by atoms with Crippen molar-refractivity contribution in [3.63, 3.8) is 0 Å². The molecule has 7 nitrogen and oxygen atoms in total. The van der Waals surface area contributed by atoms with Crippen molar-refractivity contribution < 1.29 is 23.8 Å². The molecule has 1 aliphatic heterocycles. The lowest BCUT2D eigenvalue weighted by Gasteiger charge is -2.35. The summed E-state index contributed by atoms with van der Waals surface area (Å²) in [7, 11) is 2.03. The number of furan rings is 1. The van der Waals surface area contributed by atoms with Crippen LogP contribution < -0.4 is 15.4 Å². The summed E-state index contributed by atoms with van der Waals surface area (Å²) in [6.07, 6.45) is 1.58. The lowest BCUT2D eigenvalue weighted by atomic mass is 9.95. The van der Waals surface area contributed by atoms with Crippen molar-refractivity contribution in [2.75, 3.05) is 31.7 Å². The van der Waals surface area contributed by atoms with Crippen LogP contribution >= 0.6 is 0 Å². The number of likely N-dealkylation sites (N-methyl/N-ethyl adjacent to an activating group) is 1. The molecule has 0 saturated carbocycles. The van der Waals surface area contributed by atoms with Gasteiger partial charge in [-0.2, -0.15) is 0 Å². The van der Waals surface area contributed by atoms with Crippen LogP contribution in [0.15, 0.2) is 71.3 Å². The summed E-state index contributed by atoms with van der Waals surface area (Å²) >= 11 is 0. The molecule has 2 atom stereocenters. The Labute approximate surface area is 210 Å². The first kappa shape index (κ1) is 23.9. The van der Waals surface area contributed by atoms with Crippen molar-refractivity contribution in [2.24, 2.45) is 5.73 Å². The SMILES string of the molecule is CCOC(=O)Cc1cccc2c1OC(c1cc(-c3cccc([C@H](N)CO)c3)c3occc3c1)CN2C. The van der Waals surface area contributed by atoms with Crippen molar-refractivity contribution in [1.29, 1.82) is 0 Å². The molecule has 0 aliphatic carbocycles. The Morgan fingerprint density at radius 2 is 2.03 bits per heavy atom. The fourth-order valence-electron chi connectivity index (χ4n) is 4.76. The number of nitrogens with two attached hydrogens (primary N) is 1. The van der Waals surface area contributed by atoms with Crippen LogP contribution in [0, 0.1) is 0 Å². The summed E-state index contributed by atoms with van der Waals surface area (Å²) in [5.41, 5.74) is 12.3. The number of carbonyl (C=O) groups excluding carboxylic acids is 1. The number of hydrogen-bond donors (Lipinski definition) is 2. The number of hydrogen-bond acceptors (Lipinski definition) is 7. The van der Waals surface area contributed by atoms with Gasteiger partial charge < -0.3 is 29.6 Å². The predicted molar refractivity (Wildman–Crippen MR) is 139 cm³/mol. The van der Waals surface area contributed by atoms with E-state index in [4.69, 9.17) is 19.6 Å². The molecule has 0 spiro atoms. The Kier molecular flexibility index (Phi) is 6.67. The first-order valence-electron chi connectivity index (χ1n) is 12.1. The molecule has 7 heteroatoms. The Hall–Kier alpha value is -3.81. The van der Waals surface area contributed by atoms with Gasteiger partial charge in [-0.05, 0) is 53.9 Å². The Balaban J connectivity index is 1.55. The summed E-state index contributed by atoms with van der Waals surface area (Å²) in [5.74, 6) is 0.427. The highest BCUT2D eigenvalue weighted by atomic mass is 16.5. The standard InChI is InChI=1S/C29H30N2O5/c1-3-34-27(33)15-20-8-5-9-25-29(20)36-26(16-31(25)2)22-13-21-10-11-35-28(21)23(14-22)18-6-4-7-19(12-18)24(30)17-32/h4-14,24,26,32H,3,15-17,30H2,1-2H3/t24-,26?/m1/s1. The van der Waals surface area contributed by atoms with Gasteiger partial charge in [-0.3, -0.25) is 4.79 Å². The highest BCUT2D eigenvalue weighted by Crippen LogP contribution is 2.42.